The summed E-state index contributed by atoms with van der Waals surface area (Å²) >= 11 is 0. The first kappa shape index (κ1) is 21.5. The number of hydrogen-bond acceptors (Lipinski definition) is 7. The molecule has 0 aliphatic carbocycles. The molecular weight excluding hydrogens is 428 g/mol. The summed E-state index contributed by atoms with van der Waals surface area (Å²) in [4.78, 5) is 7.72. The summed E-state index contributed by atoms with van der Waals surface area (Å²) in [6.07, 6.45) is 0. The topological polar surface area (TPSA) is 138 Å². The third kappa shape index (κ3) is 4.86. The summed E-state index contributed by atoms with van der Waals surface area (Å²) in [6.45, 7) is 5.14. The van der Waals surface area contributed by atoms with Gasteiger partial charge in [-0.05, 0) is 68.8 Å². The van der Waals surface area contributed by atoms with Crippen molar-refractivity contribution in [1.29, 1.82) is 0 Å². The molecule has 3 aromatic rings. The molecule has 0 spiro atoms. The summed E-state index contributed by atoms with van der Waals surface area (Å²) in [6, 6.07) is 11.0. The zero-order valence-corrected chi connectivity index (χ0v) is 18.0. The first-order valence-corrected chi connectivity index (χ1v) is 11.7. The second-order valence-corrected chi connectivity index (χ2v) is 10.0. The van der Waals surface area contributed by atoms with Gasteiger partial charge in [-0.15, -0.1) is 0 Å². The zero-order valence-electron chi connectivity index (χ0n) is 16.4. The first-order valence-electron chi connectivity index (χ1n) is 8.74. The molecule has 11 heteroatoms. The van der Waals surface area contributed by atoms with Crippen LogP contribution in [-0.2, 0) is 20.0 Å². The van der Waals surface area contributed by atoms with Crippen LogP contribution in [0.4, 0.5) is 11.6 Å². The van der Waals surface area contributed by atoms with Crippen LogP contribution in [0.15, 0.2) is 58.3 Å². The number of anilines is 2. The van der Waals surface area contributed by atoms with Crippen LogP contribution in [0.1, 0.15) is 17.0 Å². The van der Waals surface area contributed by atoms with Gasteiger partial charge in [-0.25, -0.2) is 31.5 Å². The Morgan fingerprint density at radius 3 is 1.97 bits per heavy atom. The molecular formula is C19H20N4O5S2. The molecule has 0 radical (unpaired) electrons. The summed E-state index contributed by atoms with van der Waals surface area (Å²) in [5.74, 6) is -0.433. The van der Waals surface area contributed by atoms with Crippen molar-refractivity contribution in [2.75, 3.05) is 9.44 Å². The standard InChI is InChI=1S/C19H20N4O5S2/c1-12-4-9-17(24)18(10-12)30(27,28)22-15-5-7-16(8-6-15)29(25,26)23-19-20-13(2)11-14(3)21-19/h4-11,22,24H,1-3H3,(H,20,21,23). The molecule has 2 aromatic carbocycles. The van der Waals surface area contributed by atoms with E-state index in [0.717, 1.165) is 0 Å². The van der Waals surface area contributed by atoms with Crippen LogP contribution >= 0.6 is 0 Å². The van der Waals surface area contributed by atoms with Gasteiger partial charge in [0.2, 0.25) is 5.95 Å². The third-order valence-corrected chi connectivity index (χ3v) is 6.78. The van der Waals surface area contributed by atoms with Gasteiger partial charge < -0.3 is 5.11 Å². The van der Waals surface area contributed by atoms with Crippen LogP contribution in [0.3, 0.4) is 0 Å². The molecule has 1 heterocycles. The van der Waals surface area contributed by atoms with Gasteiger partial charge in [0.1, 0.15) is 10.6 Å². The van der Waals surface area contributed by atoms with Crippen molar-refractivity contribution in [1.82, 2.24) is 9.97 Å². The Hall–Kier alpha value is -3.18. The fraction of sp³-hybridized carbons (Fsp3) is 0.158. The van der Waals surface area contributed by atoms with Gasteiger partial charge in [0, 0.05) is 17.1 Å². The Labute approximate surface area is 174 Å². The van der Waals surface area contributed by atoms with Gasteiger partial charge in [0.05, 0.1) is 4.90 Å². The number of phenolic OH excluding ortho intramolecular Hbond substituents is 1. The van der Waals surface area contributed by atoms with E-state index in [9.17, 15) is 21.9 Å². The second kappa shape index (κ2) is 7.92. The Morgan fingerprint density at radius 1 is 0.767 bits per heavy atom. The van der Waals surface area contributed by atoms with Gasteiger partial charge in [-0.2, -0.15) is 0 Å². The largest absolute Gasteiger partial charge is 0.507 e. The number of nitrogens with zero attached hydrogens (tertiary/aromatic N) is 2. The van der Waals surface area contributed by atoms with Crippen LogP contribution in [0.25, 0.3) is 0 Å². The predicted molar refractivity (Wildman–Crippen MR) is 112 cm³/mol. The minimum absolute atomic E-state index is 0.0489. The van der Waals surface area contributed by atoms with Crippen molar-refractivity contribution in [2.24, 2.45) is 0 Å². The Balaban J connectivity index is 1.82. The van der Waals surface area contributed by atoms with Crippen LogP contribution in [0.2, 0.25) is 0 Å². The molecule has 0 aliphatic rings. The molecule has 1 aromatic heterocycles. The molecule has 30 heavy (non-hydrogen) atoms. The van der Waals surface area contributed by atoms with Crippen molar-refractivity contribution in [3.63, 3.8) is 0 Å². The molecule has 0 saturated heterocycles. The minimum atomic E-state index is -4.06. The van der Waals surface area contributed by atoms with E-state index in [-0.39, 0.29) is 27.2 Å². The number of rotatable bonds is 6. The van der Waals surface area contributed by atoms with Crippen molar-refractivity contribution < 1.29 is 21.9 Å². The van der Waals surface area contributed by atoms with E-state index < -0.39 is 20.0 Å². The highest BCUT2D eigenvalue weighted by Crippen LogP contribution is 2.26. The van der Waals surface area contributed by atoms with Gasteiger partial charge in [0.25, 0.3) is 20.0 Å². The lowest BCUT2D eigenvalue weighted by molar-refractivity contribution is 0.459. The normalized spacial score (nSPS) is 11.8. The highest BCUT2D eigenvalue weighted by Gasteiger charge is 2.20. The summed E-state index contributed by atoms with van der Waals surface area (Å²) in [7, 11) is -8.02. The highest BCUT2D eigenvalue weighted by molar-refractivity contribution is 7.93. The predicted octanol–water partition coefficient (Wildman–Crippen LogP) is 2.71. The van der Waals surface area contributed by atoms with Crippen molar-refractivity contribution in [3.05, 3.63) is 65.5 Å². The molecule has 3 rings (SSSR count). The van der Waals surface area contributed by atoms with E-state index in [1.54, 1.807) is 32.9 Å². The van der Waals surface area contributed by atoms with Crippen molar-refractivity contribution in [2.45, 2.75) is 30.6 Å². The quantitative estimate of drug-likeness (QED) is 0.527. The lowest BCUT2D eigenvalue weighted by Gasteiger charge is -2.11. The minimum Gasteiger partial charge on any atom is -0.507 e. The lowest BCUT2D eigenvalue weighted by Crippen LogP contribution is -2.16. The number of benzene rings is 2. The van der Waals surface area contributed by atoms with E-state index in [2.05, 4.69) is 19.4 Å². The maximum absolute atomic E-state index is 12.6. The molecule has 0 fully saturated rings. The molecule has 3 N–H and O–H groups in total. The molecule has 0 amide bonds. The van der Waals surface area contributed by atoms with Gasteiger partial charge in [-0.1, -0.05) is 6.07 Å². The number of phenols is 1. The number of nitrogens with one attached hydrogen (secondary N) is 2. The Bertz CT molecular complexity index is 1290. The molecule has 9 nitrogen and oxygen atoms in total. The number of aromatic nitrogens is 2. The molecule has 0 aliphatic heterocycles. The van der Waals surface area contributed by atoms with Crippen LogP contribution in [-0.4, -0.2) is 31.9 Å². The van der Waals surface area contributed by atoms with Crippen molar-refractivity contribution >= 4 is 31.7 Å². The number of aromatic hydroxyl groups is 1. The highest BCUT2D eigenvalue weighted by atomic mass is 32.2. The molecule has 158 valence electrons. The molecule has 0 atom stereocenters. The van der Waals surface area contributed by atoms with Crippen LogP contribution in [0.5, 0.6) is 5.75 Å². The second-order valence-electron chi connectivity index (χ2n) is 6.68. The zero-order chi connectivity index (χ0) is 22.1. The van der Waals surface area contributed by atoms with Crippen LogP contribution in [0, 0.1) is 20.8 Å². The number of aryl methyl sites for hydroxylation is 3. The van der Waals surface area contributed by atoms with E-state index in [4.69, 9.17) is 0 Å². The number of sulfonamides is 2. The maximum atomic E-state index is 12.6. The molecule has 0 unspecified atom stereocenters. The van der Waals surface area contributed by atoms with E-state index >= 15 is 0 Å². The third-order valence-electron chi connectivity index (χ3n) is 4.03. The van der Waals surface area contributed by atoms with E-state index in [1.807, 2.05) is 0 Å². The fourth-order valence-electron chi connectivity index (χ4n) is 2.70. The number of hydrogen-bond donors (Lipinski definition) is 3. The average Bonchev–Trinajstić information content (AvgIpc) is 2.62. The lowest BCUT2D eigenvalue weighted by atomic mass is 10.2. The van der Waals surface area contributed by atoms with Gasteiger partial charge in [0.15, 0.2) is 0 Å². The summed E-state index contributed by atoms with van der Waals surface area (Å²) < 4.78 is 54.8. The van der Waals surface area contributed by atoms with E-state index in [0.29, 0.717) is 17.0 Å². The summed E-state index contributed by atoms with van der Waals surface area (Å²) in [5.41, 5.74) is 2.03. The van der Waals surface area contributed by atoms with Gasteiger partial charge >= 0.3 is 0 Å². The Kier molecular flexibility index (Phi) is 5.68. The van der Waals surface area contributed by atoms with Gasteiger partial charge in [-0.3, -0.25) is 4.72 Å². The maximum Gasteiger partial charge on any atom is 0.265 e. The monoisotopic (exact) mass is 448 g/mol. The molecule has 0 saturated carbocycles. The smallest absolute Gasteiger partial charge is 0.265 e. The summed E-state index contributed by atoms with van der Waals surface area (Å²) in [5, 5.41) is 9.86. The fourth-order valence-corrected chi connectivity index (χ4v) is 4.88. The van der Waals surface area contributed by atoms with Crippen molar-refractivity contribution in [3.8, 4) is 5.75 Å². The SMILES string of the molecule is Cc1ccc(O)c(S(=O)(=O)Nc2ccc(S(=O)(=O)Nc3nc(C)cc(C)n3)cc2)c1. The van der Waals surface area contributed by atoms with Crippen LogP contribution < -0.4 is 9.44 Å². The van der Waals surface area contributed by atoms with E-state index in [1.165, 1.54) is 36.4 Å². The Morgan fingerprint density at radius 2 is 1.37 bits per heavy atom. The first-order chi connectivity index (χ1) is 14.0. The molecule has 0 bridgehead atoms. The average molecular weight is 449 g/mol.